The molecule has 1 unspecified atom stereocenters. The van der Waals surface area contributed by atoms with Crippen LogP contribution >= 0.6 is 0 Å². The van der Waals surface area contributed by atoms with E-state index in [4.69, 9.17) is 0 Å². The molecule has 1 saturated carbocycles. The molecule has 1 aliphatic carbocycles. The van der Waals surface area contributed by atoms with Gasteiger partial charge in [-0.15, -0.1) is 0 Å². The van der Waals surface area contributed by atoms with Crippen molar-refractivity contribution in [2.75, 3.05) is 0 Å². The van der Waals surface area contributed by atoms with Gasteiger partial charge in [0, 0.05) is 0 Å². The highest BCUT2D eigenvalue weighted by molar-refractivity contribution is 5.94. The number of benzene rings is 1. The standard InChI is InChI=1S/C21H23F3N2O2/c1-13-7-9-15(10-8-13)18(14-5-3-2-4-6-14)26-20(28)16-11-12-17(21(22,23)24)25-19(16)27/h7-12,14,18H,2-6H2,1H3,(H,25,27)(H,26,28). The molecule has 1 atom stereocenters. The SMILES string of the molecule is Cc1ccc(C(NC(=O)c2ccc(C(F)(F)F)[nH]c2=O)C2CCCCC2)cc1. The second-order valence-corrected chi connectivity index (χ2v) is 7.37. The molecule has 1 aromatic heterocycles. The summed E-state index contributed by atoms with van der Waals surface area (Å²) in [6.07, 6.45) is 0.558. The van der Waals surface area contributed by atoms with Crippen LogP contribution in [0.25, 0.3) is 0 Å². The number of hydrogen-bond donors (Lipinski definition) is 2. The Morgan fingerprint density at radius 1 is 1.07 bits per heavy atom. The Kier molecular flexibility index (Phi) is 5.91. The second-order valence-electron chi connectivity index (χ2n) is 7.37. The van der Waals surface area contributed by atoms with E-state index in [0.29, 0.717) is 0 Å². The van der Waals surface area contributed by atoms with Crippen molar-refractivity contribution in [2.24, 2.45) is 5.92 Å². The lowest BCUT2D eigenvalue weighted by molar-refractivity contribution is -0.141. The molecule has 0 spiro atoms. The molecule has 1 amide bonds. The molecule has 1 aliphatic rings. The van der Waals surface area contributed by atoms with Crippen molar-refractivity contribution in [3.8, 4) is 0 Å². The van der Waals surface area contributed by atoms with Gasteiger partial charge in [0.05, 0.1) is 6.04 Å². The first-order chi connectivity index (χ1) is 13.3. The number of amides is 1. The van der Waals surface area contributed by atoms with E-state index in [0.717, 1.165) is 55.4 Å². The third-order valence-corrected chi connectivity index (χ3v) is 5.30. The number of aromatic nitrogens is 1. The summed E-state index contributed by atoms with van der Waals surface area (Å²) in [7, 11) is 0. The first-order valence-electron chi connectivity index (χ1n) is 9.43. The van der Waals surface area contributed by atoms with Crippen LogP contribution in [0.15, 0.2) is 41.2 Å². The number of pyridine rings is 1. The molecule has 0 saturated heterocycles. The molecule has 0 radical (unpaired) electrons. The number of aromatic amines is 1. The number of carbonyl (C=O) groups is 1. The number of alkyl halides is 3. The van der Waals surface area contributed by atoms with Gasteiger partial charge in [-0.25, -0.2) is 0 Å². The Morgan fingerprint density at radius 2 is 1.71 bits per heavy atom. The summed E-state index contributed by atoms with van der Waals surface area (Å²) >= 11 is 0. The minimum absolute atomic E-state index is 0.230. The number of carbonyl (C=O) groups excluding carboxylic acids is 1. The third kappa shape index (κ3) is 4.64. The van der Waals surface area contributed by atoms with E-state index in [2.05, 4.69) is 5.32 Å². The summed E-state index contributed by atoms with van der Waals surface area (Å²) in [6.45, 7) is 1.97. The Bertz CT molecular complexity index is 882. The first kappa shape index (κ1) is 20.2. The maximum atomic E-state index is 12.7. The molecular formula is C21H23F3N2O2. The normalized spacial score (nSPS) is 16.6. The van der Waals surface area contributed by atoms with Crippen molar-refractivity contribution in [3.05, 3.63) is 69.1 Å². The van der Waals surface area contributed by atoms with Gasteiger partial charge in [0.2, 0.25) is 0 Å². The lowest BCUT2D eigenvalue weighted by Gasteiger charge is -2.31. The van der Waals surface area contributed by atoms with Gasteiger partial charge >= 0.3 is 6.18 Å². The smallest absolute Gasteiger partial charge is 0.345 e. The minimum Gasteiger partial charge on any atom is -0.345 e. The van der Waals surface area contributed by atoms with Gasteiger partial charge < -0.3 is 10.3 Å². The Labute approximate surface area is 161 Å². The van der Waals surface area contributed by atoms with Crippen LogP contribution in [-0.2, 0) is 6.18 Å². The van der Waals surface area contributed by atoms with Crippen LogP contribution in [-0.4, -0.2) is 10.9 Å². The molecule has 1 heterocycles. The molecular weight excluding hydrogens is 369 g/mol. The summed E-state index contributed by atoms with van der Waals surface area (Å²) in [6, 6.07) is 9.19. The van der Waals surface area contributed by atoms with Crippen LogP contribution < -0.4 is 10.9 Å². The number of halogens is 3. The first-order valence-corrected chi connectivity index (χ1v) is 9.43. The highest BCUT2D eigenvalue weighted by Crippen LogP contribution is 2.35. The predicted molar refractivity (Wildman–Crippen MR) is 100 cm³/mol. The Balaban J connectivity index is 1.87. The molecule has 1 fully saturated rings. The van der Waals surface area contributed by atoms with E-state index in [9.17, 15) is 22.8 Å². The van der Waals surface area contributed by atoms with Crippen LogP contribution in [0.3, 0.4) is 0 Å². The van der Waals surface area contributed by atoms with Crippen molar-refractivity contribution >= 4 is 5.91 Å². The fourth-order valence-corrected chi connectivity index (χ4v) is 3.75. The van der Waals surface area contributed by atoms with E-state index in [1.165, 1.54) is 0 Å². The van der Waals surface area contributed by atoms with Gasteiger partial charge in [-0.2, -0.15) is 13.2 Å². The molecule has 4 nitrogen and oxygen atoms in total. The fraction of sp³-hybridized carbons (Fsp3) is 0.429. The van der Waals surface area contributed by atoms with Crippen molar-refractivity contribution in [1.82, 2.24) is 10.3 Å². The van der Waals surface area contributed by atoms with Crippen LogP contribution in [0.2, 0.25) is 0 Å². The predicted octanol–water partition coefficient (Wildman–Crippen LogP) is 4.75. The van der Waals surface area contributed by atoms with Gasteiger partial charge in [0.15, 0.2) is 0 Å². The fourth-order valence-electron chi connectivity index (χ4n) is 3.75. The summed E-state index contributed by atoms with van der Waals surface area (Å²) in [5.74, 6) is -0.431. The zero-order valence-electron chi connectivity index (χ0n) is 15.6. The molecule has 0 bridgehead atoms. The molecule has 1 aromatic carbocycles. The van der Waals surface area contributed by atoms with E-state index in [1.54, 1.807) is 4.98 Å². The van der Waals surface area contributed by atoms with Crippen molar-refractivity contribution in [3.63, 3.8) is 0 Å². The second kappa shape index (κ2) is 8.20. The molecule has 7 heteroatoms. The van der Waals surface area contributed by atoms with Gasteiger partial charge in [0.1, 0.15) is 11.3 Å². The molecule has 150 valence electrons. The lowest BCUT2D eigenvalue weighted by atomic mass is 9.81. The number of hydrogen-bond acceptors (Lipinski definition) is 2. The quantitative estimate of drug-likeness (QED) is 0.789. The lowest BCUT2D eigenvalue weighted by Crippen LogP contribution is -2.37. The van der Waals surface area contributed by atoms with Crippen LogP contribution in [0, 0.1) is 12.8 Å². The van der Waals surface area contributed by atoms with E-state index >= 15 is 0 Å². The number of H-pyrrole nitrogens is 1. The van der Waals surface area contributed by atoms with Crippen LogP contribution in [0.4, 0.5) is 13.2 Å². The van der Waals surface area contributed by atoms with Crippen molar-refractivity contribution in [2.45, 2.75) is 51.2 Å². The van der Waals surface area contributed by atoms with E-state index < -0.39 is 23.3 Å². The van der Waals surface area contributed by atoms with Crippen LogP contribution in [0.5, 0.6) is 0 Å². The zero-order valence-corrected chi connectivity index (χ0v) is 15.6. The maximum Gasteiger partial charge on any atom is 0.431 e. The van der Waals surface area contributed by atoms with Gasteiger partial charge in [-0.3, -0.25) is 9.59 Å². The average Bonchev–Trinajstić information content (AvgIpc) is 2.66. The Morgan fingerprint density at radius 3 is 2.29 bits per heavy atom. The highest BCUT2D eigenvalue weighted by atomic mass is 19.4. The summed E-state index contributed by atoms with van der Waals surface area (Å²) in [4.78, 5) is 26.5. The molecule has 0 aliphatic heterocycles. The number of nitrogens with one attached hydrogen (secondary N) is 2. The van der Waals surface area contributed by atoms with Crippen LogP contribution in [0.1, 0.15) is 65.3 Å². The average molecular weight is 392 g/mol. The van der Waals surface area contributed by atoms with Gasteiger partial charge in [0.25, 0.3) is 11.5 Å². The van der Waals surface area contributed by atoms with E-state index in [-0.39, 0.29) is 17.5 Å². The van der Waals surface area contributed by atoms with Crippen molar-refractivity contribution in [1.29, 1.82) is 0 Å². The Hall–Kier alpha value is -2.57. The topological polar surface area (TPSA) is 62.0 Å². The third-order valence-electron chi connectivity index (χ3n) is 5.30. The minimum atomic E-state index is -4.67. The highest BCUT2D eigenvalue weighted by Gasteiger charge is 2.33. The largest absolute Gasteiger partial charge is 0.431 e. The zero-order chi connectivity index (χ0) is 20.3. The van der Waals surface area contributed by atoms with E-state index in [1.807, 2.05) is 31.2 Å². The number of rotatable bonds is 4. The molecule has 28 heavy (non-hydrogen) atoms. The summed E-state index contributed by atoms with van der Waals surface area (Å²) < 4.78 is 38.2. The van der Waals surface area contributed by atoms with Gasteiger partial charge in [-0.05, 0) is 43.4 Å². The monoisotopic (exact) mass is 392 g/mol. The van der Waals surface area contributed by atoms with Crippen molar-refractivity contribution < 1.29 is 18.0 Å². The molecule has 3 rings (SSSR count). The maximum absolute atomic E-state index is 12.7. The molecule has 2 N–H and O–H groups in total. The van der Waals surface area contributed by atoms with Gasteiger partial charge in [-0.1, -0.05) is 49.1 Å². The molecule has 2 aromatic rings. The number of aryl methyl sites for hydroxylation is 1. The summed E-state index contributed by atoms with van der Waals surface area (Å²) in [5, 5.41) is 2.90. The summed E-state index contributed by atoms with van der Waals surface area (Å²) in [5.41, 5.74) is -0.498.